The molecule has 0 radical (unpaired) electrons. The van der Waals surface area contributed by atoms with Crippen LogP contribution in [0, 0.1) is 0 Å². The van der Waals surface area contributed by atoms with Gasteiger partial charge in [0, 0.05) is 12.8 Å². The minimum absolute atomic E-state index is 0.00359. The summed E-state index contributed by atoms with van der Waals surface area (Å²) in [4.78, 5) is 30.9. The van der Waals surface area contributed by atoms with Gasteiger partial charge >= 0.3 is 5.69 Å². The van der Waals surface area contributed by atoms with Crippen LogP contribution in [0.25, 0.3) is 11.2 Å². The van der Waals surface area contributed by atoms with Crippen LogP contribution in [0.4, 0.5) is 0 Å². The average Bonchev–Trinajstić information content (AvgIpc) is 3.13. The molecule has 2 aromatic carbocycles. The second-order valence-electron chi connectivity index (χ2n) is 6.93. The van der Waals surface area contributed by atoms with Crippen molar-refractivity contribution in [1.29, 1.82) is 0 Å². The Balaban J connectivity index is 1.92. The summed E-state index contributed by atoms with van der Waals surface area (Å²) < 4.78 is 4.51. The van der Waals surface area contributed by atoms with Crippen molar-refractivity contribution in [3.8, 4) is 0 Å². The monoisotopic (exact) mass is 422 g/mol. The molecule has 0 fully saturated rings. The molecule has 154 valence electrons. The number of rotatable bonds is 7. The van der Waals surface area contributed by atoms with E-state index in [-0.39, 0.29) is 18.7 Å². The first-order valence-corrected chi connectivity index (χ1v) is 10.6. The SMILES string of the molecule is Cn1c(=O)n(Cc2ccccc2)c(=O)c2c1nc(SCCO)n2Cc1ccccc1. The van der Waals surface area contributed by atoms with Crippen LogP contribution in [-0.4, -0.2) is 36.2 Å². The molecule has 4 aromatic rings. The van der Waals surface area contributed by atoms with Gasteiger partial charge in [0.1, 0.15) is 0 Å². The Morgan fingerprint density at radius 3 is 2.03 bits per heavy atom. The molecule has 0 aliphatic carbocycles. The van der Waals surface area contributed by atoms with E-state index in [0.717, 1.165) is 11.1 Å². The first-order valence-electron chi connectivity index (χ1n) is 9.61. The third-order valence-corrected chi connectivity index (χ3v) is 5.84. The Labute approximate surface area is 177 Å². The number of aliphatic hydroxyl groups is 1. The van der Waals surface area contributed by atoms with Gasteiger partial charge in [0.15, 0.2) is 16.3 Å². The molecule has 0 saturated heterocycles. The van der Waals surface area contributed by atoms with Gasteiger partial charge < -0.3 is 9.67 Å². The molecule has 4 rings (SSSR count). The molecule has 0 bridgehead atoms. The standard InChI is InChI=1S/C22H22N4O3S/c1-24-19-18(20(28)26(22(24)29)15-17-10-6-3-7-11-17)25(21(23-19)30-13-12-27)14-16-8-4-2-5-9-16/h2-11,27H,12-15H2,1H3. The van der Waals surface area contributed by atoms with E-state index < -0.39 is 5.69 Å². The van der Waals surface area contributed by atoms with Gasteiger partial charge in [-0.3, -0.25) is 13.9 Å². The highest BCUT2D eigenvalue weighted by Crippen LogP contribution is 2.22. The number of fused-ring (bicyclic) bond motifs is 1. The van der Waals surface area contributed by atoms with Crippen LogP contribution in [-0.2, 0) is 20.1 Å². The van der Waals surface area contributed by atoms with E-state index in [4.69, 9.17) is 0 Å². The summed E-state index contributed by atoms with van der Waals surface area (Å²) in [5, 5.41) is 9.87. The van der Waals surface area contributed by atoms with E-state index in [2.05, 4.69) is 4.98 Å². The Morgan fingerprint density at radius 1 is 0.900 bits per heavy atom. The van der Waals surface area contributed by atoms with Crippen LogP contribution in [0.2, 0.25) is 0 Å². The highest BCUT2D eigenvalue weighted by Gasteiger charge is 2.20. The lowest BCUT2D eigenvalue weighted by Gasteiger charge is -2.11. The van der Waals surface area contributed by atoms with E-state index in [1.807, 2.05) is 65.2 Å². The number of benzene rings is 2. The summed E-state index contributed by atoms with van der Waals surface area (Å²) >= 11 is 1.36. The predicted octanol–water partition coefficient (Wildman–Crippen LogP) is 2.08. The first kappa shape index (κ1) is 20.2. The highest BCUT2D eigenvalue weighted by molar-refractivity contribution is 7.99. The summed E-state index contributed by atoms with van der Waals surface area (Å²) in [7, 11) is 1.63. The van der Waals surface area contributed by atoms with Crippen LogP contribution < -0.4 is 11.2 Å². The van der Waals surface area contributed by atoms with Crippen LogP contribution in [0.5, 0.6) is 0 Å². The molecule has 1 N–H and O–H groups in total. The second-order valence-corrected chi connectivity index (χ2v) is 7.99. The van der Waals surface area contributed by atoms with Crippen molar-refractivity contribution in [3.05, 3.63) is 92.6 Å². The molecule has 0 aliphatic rings. The van der Waals surface area contributed by atoms with Crippen molar-refractivity contribution < 1.29 is 5.11 Å². The predicted molar refractivity (Wildman–Crippen MR) is 118 cm³/mol. The third-order valence-electron chi connectivity index (χ3n) is 4.89. The molecule has 2 aromatic heterocycles. The fourth-order valence-electron chi connectivity index (χ4n) is 3.42. The van der Waals surface area contributed by atoms with Crippen molar-refractivity contribution in [2.45, 2.75) is 18.2 Å². The summed E-state index contributed by atoms with van der Waals surface area (Å²) in [6, 6.07) is 19.2. The number of nitrogens with zero attached hydrogens (tertiary/aromatic N) is 4. The molecule has 0 amide bonds. The molecular weight excluding hydrogens is 400 g/mol. The minimum Gasteiger partial charge on any atom is -0.396 e. The maximum Gasteiger partial charge on any atom is 0.332 e. The zero-order valence-electron chi connectivity index (χ0n) is 16.6. The van der Waals surface area contributed by atoms with E-state index in [9.17, 15) is 14.7 Å². The summed E-state index contributed by atoms with van der Waals surface area (Å²) in [5.41, 5.74) is 1.87. The smallest absolute Gasteiger partial charge is 0.332 e. The van der Waals surface area contributed by atoms with E-state index in [0.29, 0.717) is 28.6 Å². The van der Waals surface area contributed by atoms with Crippen molar-refractivity contribution in [1.82, 2.24) is 18.7 Å². The van der Waals surface area contributed by atoms with Gasteiger partial charge in [-0.25, -0.2) is 9.78 Å². The molecule has 0 aliphatic heterocycles. The summed E-state index contributed by atoms with van der Waals surface area (Å²) in [5.74, 6) is 0.449. The van der Waals surface area contributed by atoms with Gasteiger partial charge in [0.25, 0.3) is 5.56 Å². The van der Waals surface area contributed by atoms with Crippen LogP contribution in [0.15, 0.2) is 75.4 Å². The second kappa shape index (κ2) is 8.73. The Kier molecular flexibility index (Phi) is 5.87. The molecule has 30 heavy (non-hydrogen) atoms. The van der Waals surface area contributed by atoms with Crippen LogP contribution in [0.3, 0.4) is 0 Å². The third kappa shape index (κ3) is 3.83. The Morgan fingerprint density at radius 2 is 1.47 bits per heavy atom. The van der Waals surface area contributed by atoms with Gasteiger partial charge in [-0.05, 0) is 11.1 Å². The van der Waals surface area contributed by atoms with Crippen LogP contribution >= 0.6 is 11.8 Å². The van der Waals surface area contributed by atoms with Gasteiger partial charge in [0.2, 0.25) is 0 Å². The average molecular weight is 423 g/mol. The molecular formula is C22H22N4O3S. The molecule has 0 saturated carbocycles. The molecule has 2 heterocycles. The number of imidazole rings is 1. The van der Waals surface area contributed by atoms with E-state index in [1.165, 1.54) is 20.9 Å². The zero-order chi connectivity index (χ0) is 21.1. The number of hydrogen-bond acceptors (Lipinski definition) is 5. The number of thioether (sulfide) groups is 1. The summed E-state index contributed by atoms with van der Waals surface area (Å²) in [6.45, 7) is 0.637. The minimum atomic E-state index is -0.403. The molecule has 0 spiro atoms. The number of aromatic nitrogens is 4. The normalized spacial score (nSPS) is 11.3. The first-order chi connectivity index (χ1) is 14.6. The fraction of sp³-hybridized carbons (Fsp3) is 0.227. The topological polar surface area (TPSA) is 82.1 Å². The Bertz CT molecular complexity index is 1280. The molecule has 0 unspecified atom stereocenters. The fourth-order valence-corrected chi connectivity index (χ4v) is 4.15. The largest absolute Gasteiger partial charge is 0.396 e. The molecule has 8 heteroatoms. The Hall–Kier alpha value is -3.10. The van der Waals surface area contributed by atoms with E-state index in [1.54, 1.807) is 7.05 Å². The maximum atomic E-state index is 13.4. The van der Waals surface area contributed by atoms with E-state index >= 15 is 0 Å². The zero-order valence-corrected chi connectivity index (χ0v) is 17.4. The number of hydrogen-bond donors (Lipinski definition) is 1. The van der Waals surface area contributed by atoms with Gasteiger partial charge in [-0.2, -0.15) is 0 Å². The highest BCUT2D eigenvalue weighted by atomic mass is 32.2. The van der Waals surface area contributed by atoms with Crippen molar-refractivity contribution in [2.24, 2.45) is 7.05 Å². The molecule has 7 nitrogen and oxygen atoms in total. The number of aliphatic hydroxyl groups excluding tert-OH is 1. The molecule has 0 atom stereocenters. The van der Waals surface area contributed by atoms with Crippen molar-refractivity contribution in [2.75, 3.05) is 12.4 Å². The quantitative estimate of drug-likeness (QED) is 0.461. The van der Waals surface area contributed by atoms with Gasteiger partial charge in [-0.15, -0.1) is 0 Å². The van der Waals surface area contributed by atoms with Crippen molar-refractivity contribution >= 4 is 22.9 Å². The lowest BCUT2D eigenvalue weighted by Crippen LogP contribution is -2.40. The lowest BCUT2D eigenvalue weighted by atomic mass is 10.2. The van der Waals surface area contributed by atoms with Crippen molar-refractivity contribution in [3.63, 3.8) is 0 Å². The van der Waals surface area contributed by atoms with Gasteiger partial charge in [-0.1, -0.05) is 72.4 Å². The summed E-state index contributed by atoms with van der Waals surface area (Å²) in [6.07, 6.45) is 0. The maximum absolute atomic E-state index is 13.4. The lowest BCUT2D eigenvalue weighted by molar-refractivity contribution is 0.322. The van der Waals surface area contributed by atoms with Gasteiger partial charge in [0.05, 0.1) is 19.7 Å². The number of aryl methyl sites for hydroxylation is 1. The van der Waals surface area contributed by atoms with Crippen LogP contribution in [0.1, 0.15) is 11.1 Å².